The molecule has 1 aromatic rings. The van der Waals surface area contributed by atoms with Crippen LogP contribution in [-0.2, 0) is 9.53 Å². The quantitative estimate of drug-likeness (QED) is 0.790. The number of H-pyrrole nitrogens is 1. The molecule has 0 radical (unpaired) electrons. The van der Waals surface area contributed by atoms with Crippen molar-refractivity contribution in [3.63, 3.8) is 0 Å². The Bertz CT molecular complexity index is 633. The van der Waals surface area contributed by atoms with E-state index in [1.807, 2.05) is 20.8 Å². The number of alkyl halides is 3. The molecule has 2 rings (SSSR count). The second-order valence-corrected chi connectivity index (χ2v) is 6.22. The Hall–Kier alpha value is -2.03. The number of esters is 1. The maximum Gasteiger partial charge on any atom is 0.490 e. The maximum absolute atomic E-state index is 12.3. The van der Waals surface area contributed by atoms with Crippen molar-refractivity contribution in [2.45, 2.75) is 52.8 Å². The average Bonchev–Trinajstić information content (AvgIpc) is 2.80. The fraction of sp³-hybridized carbons (Fsp3) is 0.647. The molecule has 0 spiro atoms. The number of halogens is 3. The predicted molar refractivity (Wildman–Crippen MR) is 89.2 cm³/mol. The van der Waals surface area contributed by atoms with E-state index in [9.17, 15) is 18.0 Å². The summed E-state index contributed by atoms with van der Waals surface area (Å²) in [6.07, 6.45) is -3.12. The predicted octanol–water partition coefficient (Wildman–Crippen LogP) is 3.21. The van der Waals surface area contributed by atoms with E-state index in [4.69, 9.17) is 14.6 Å². The Kier molecular flexibility index (Phi) is 7.68. The van der Waals surface area contributed by atoms with Gasteiger partial charge in [0.15, 0.2) is 0 Å². The zero-order chi connectivity index (χ0) is 20.1. The number of aromatic nitrogens is 1. The van der Waals surface area contributed by atoms with E-state index < -0.39 is 12.1 Å². The van der Waals surface area contributed by atoms with Crippen LogP contribution in [0.3, 0.4) is 0 Å². The van der Waals surface area contributed by atoms with Crippen LogP contribution in [0.5, 0.6) is 0 Å². The van der Waals surface area contributed by atoms with Gasteiger partial charge in [0.05, 0.1) is 5.56 Å². The number of likely N-dealkylation sites (tertiary alicyclic amines) is 1. The van der Waals surface area contributed by atoms with E-state index in [0.717, 1.165) is 55.0 Å². The minimum absolute atomic E-state index is 0.0734. The molecule has 0 aliphatic carbocycles. The van der Waals surface area contributed by atoms with Gasteiger partial charge in [0.1, 0.15) is 6.10 Å². The van der Waals surface area contributed by atoms with Gasteiger partial charge in [0, 0.05) is 24.5 Å². The molecule has 148 valence electrons. The smallest absolute Gasteiger partial charge is 0.475 e. The van der Waals surface area contributed by atoms with Crippen molar-refractivity contribution in [2.75, 3.05) is 19.6 Å². The maximum atomic E-state index is 12.3. The summed E-state index contributed by atoms with van der Waals surface area (Å²) >= 11 is 0. The highest BCUT2D eigenvalue weighted by molar-refractivity contribution is 5.92. The molecule has 1 fully saturated rings. The van der Waals surface area contributed by atoms with E-state index in [2.05, 4.69) is 16.8 Å². The summed E-state index contributed by atoms with van der Waals surface area (Å²) < 4.78 is 37.4. The van der Waals surface area contributed by atoms with E-state index >= 15 is 0 Å². The van der Waals surface area contributed by atoms with Crippen LogP contribution in [0.25, 0.3) is 0 Å². The van der Waals surface area contributed by atoms with Gasteiger partial charge in [-0.3, -0.25) is 0 Å². The van der Waals surface area contributed by atoms with Crippen molar-refractivity contribution >= 4 is 11.9 Å². The number of aromatic amines is 1. The summed E-state index contributed by atoms with van der Waals surface area (Å²) in [6.45, 7) is 11.2. The molecule has 0 atom stereocenters. The first-order valence-corrected chi connectivity index (χ1v) is 8.36. The van der Waals surface area contributed by atoms with Crippen LogP contribution < -0.4 is 0 Å². The van der Waals surface area contributed by atoms with Crippen molar-refractivity contribution in [1.82, 2.24) is 9.88 Å². The van der Waals surface area contributed by atoms with Gasteiger partial charge < -0.3 is 19.7 Å². The number of hydrogen-bond acceptors (Lipinski definition) is 4. The summed E-state index contributed by atoms with van der Waals surface area (Å²) in [6, 6.07) is 0. The van der Waals surface area contributed by atoms with Crippen LogP contribution >= 0.6 is 0 Å². The molecule has 26 heavy (non-hydrogen) atoms. The highest BCUT2D eigenvalue weighted by atomic mass is 19.4. The van der Waals surface area contributed by atoms with Crippen molar-refractivity contribution in [2.24, 2.45) is 0 Å². The number of carbonyl (C=O) groups excluding carboxylic acids is 1. The van der Waals surface area contributed by atoms with Crippen molar-refractivity contribution in [3.05, 3.63) is 22.5 Å². The zero-order valence-corrected chi connectivity index (χ0v) is 15.4. The zero-order valence-electron chi connectivity index (χ0n) is 15.4. The van der Waals surface area contributed by atoms with Gasteiger partial charge in [-0.1, -0.05) is 6.92 Å². The number of ether oxygens (including phenoxy) is 1. The minimum Gasteiger partial charge on any atom is -0.475 e. The van der Waals surface area contributed by atoms with Crippen molar-refractivity contribution in [3.8, 4) is 0 Å². The van der Waals surface area contributed by atoms with Gasteiger partial charge >= 0.3 is 18.1 Å². The number of nitrogens with one attached hydrogen (secondary N) is 1. The average molecular weight is 378 g/mol. The largest absolute Gasteiger partial charge is 0.490 e. The molecule has 0 amide bonds. The molecule has 1 aliphatic rings. The number of aryl methyl sites for hydroxylation is 2. The van der Waals surface area contributed by atoms with Gasteiger partial charge in [-0.2, -0.15) is 13.2 Å². The molecule has 0 bridgehead atoms. The molecule has 1 aliphatic heterocycles. The molecule has 2 N–H and O–H groups in total. The van der Waals surface area contributed by atoms with Gasteiger partial charge in [-0.05, 0) is 45.7 Å². The van der Waals surface area contributed by atoms with Crippen molar-refractivity contribution in [1.29, 1.82) is 0 Å². The first-order chi connectivity index (χ1) is 12.0. The molecule has 1 aromatic heterocycles. The lowest BCUT2D eigenvalue weighted by molar-refractivity contribution is -0.192. The summed E-state index contributed by atoms with van der Waals surface area (Å²) in [7, 11) is 0. The molecule has 2 heterocycles. The van der Waals surface area contributed by atoms with Crippen molar-refractivity contribution < 1.29 is 32.6 Å². The van der Waals surface area contributed by atoms with Crippen LogP contribution in [0.1, 0.15) is 47.1 Å². The second kappa shape index (κ2) is 9.07. The third-order valence-electron chi connectivity index (χ3n) is 4.39. The van der Waals surface area contributed by atoms with Crippen LogP contribution in [0, 0.1) is 20.8 Å². The van der Waals surface area contributed by atoms with Crippen LogP contribution in [0.15, 0.2) is 0 Å². The minimum atomic E-state index is -5.08. The highest BCUT2D eigenvalue weighted by Crippen LogP contribution is 2.21. The first kappa shape index (κ1) is 22.0. The Morgan fingerprint density at radius 1 is 1.19 bits per heavy atom. The molecular formula is C17H25F3N2O4. The number of aliphatic carboxylic acids is 1. The number of carboxylic acid groups (broad SMARTS) is 1. The Labute approximate surface area is 150 Å². The van der Waals surface area contributed by atoms with Gasteiger partial charge in [-0.15, -0.1) is 0 Å². The number of rotatable bonds is 3. The number of carbonyl (C=O) groups is 2. The Balaban J connectivity index is 0.000000412. The fourth-order valence-corrected chi connectivity index (χ4v) is 2.77. The fourth-order valence-electron chi connectivity index (χ4n) is 2.77. The SMILES string of the molecule is CCN1CCC(OC(=O)c2c(C)[nH]c(C)c2C)CC1.O=C(O)C(F)(F)F. The summed E-state index contributed by atoms with van der Waals surface area (Å²) in [5.74, 6) is -2.93. The van der Waals surface area contributed by atoms with E-state index in [0.29, 0.717) is 0 Å². The van der Waals surface area contributed by atoms with E-state index in [-0.39, 0.29) is 12.1 Å². The van der Waals surface area contributed by atoms with E-state index in [1.54, 1.807) is 0 Å². The lowest BCUT2D eigenvalue weighted by Gasteiger charge is -2.30. The Morgan fingerprint density at radius 2 is 1.69 bits per heavy atom. The molecule has 1 saturated heterocycles. The lowest BCUT2D eigenvalue weighted by Crippen LogP contribution is -2.37. The topological polar surface area (TPSA) is 82.6 Å². The number of carboxylic acids is 1. The molecule has 9 heteroatoms. The van der Waals surface area contributed by atoms with Gasteiger partial charge in [-0.25, -0.2) is 9.59 Å². The molecule has 6 nitrogen and oxygen atoms in total. The third kappa shape index (κ3) is 6.05. The number of nitrogens with zero attached hydrogens (tertiary/aromatic N) is 1. The van der Waals surface area contributed by atoms with Gasteiger partial charge in [0.2, 0.25) is 0 Å². The van der Waals surface area contributed by atoms with Gasteiger partial charge in [0.25, 0.3) is 0 Å². The number of hydrogen-bond donors (Lipinski definition) is 2. The molecular weight excluding hydrogens is 353 g/mol. The third-order valence-corrected chi connectivity index (χ3v) is 4.39. The monoisotopic (exact) mass is 378 g/mol. The summed E-state index contributed by atoms with van der Waals surface area (Å²) in [4.78, 5) is 26.8. The molecule has 0 unspecified atom stereocenters. The Morgan fingerprint density at radius 3 is 2.04 bits per heavy atom. The first-order valence-electron chi connectivity index (χ1n) is 8.36. The molecule has 0 aromatic carbocycles. The summed E-state index contributed by atoms with van der Waals surface area (Å²) in [5.41, 5.74) is 3.68. The standard InChI is InChI=1S/C15H24N2O2.C2HF3O2/c1-5-17-8-6-13(7-9-17)19-15(18)14-10(2)11(3)16-12(14)4;3-2(4,5)1(6)7/h13,16H,5-9H2,1-4H3;(H,6,7). The summed E-state index contributed by atoms with van der Waals surface area (Å²) in [5, 5.41) is 7.12. The lowest BCUT2D eigenvalue weighted by atomic mass is 10.1. The second-order valence-electron chi connectivity index (χ2n) is 6.22. The highest BCUT2D eigenvalue weighted by Gasteiger charge is 2.38. The number of piperidine rings is 1. The van der Waals surface area contributed by atoms with E-state index in [1.165, 1.54) is 0 Å². The molecule has 0 saturated carbocycles. The van der Waals surface area contributed by atoms with Crippen LogP contribution in [-0.4, -0.2) is 58.8 Å². The van der Waals surface area contributed by atoms with Crippen LogP contribution in [0.2, 0.25) is 0 Å². The van der Waals surface area contributed by atoms with Crippen LogP contribution in [0.4, 0.5) is 13.2 Å². The normalized spacial score (nSPS) is 16.0.